The van der Waals surface area contributed by atoms with E-state index in [1.165, 1.54) is 12.1 Å². The first-order valence-corrected chi connectivity index (χ1v) is 9.12. The third-order valence-electron chi connectivity index (χ3n) is 4.40. The van der Waals surface area contributed by atoms with Gasteiger partial charge in [0.15, 0.2) is 0 Å². The highest BCUT2D eigenvalue weighted by Gasteiger charge is 2.37. The molecule has 0 radical (unpaired) electrons. The summed E-state index contributed by atoms with van der Waals surface area (Å²) in [5, 5.41) is 0. The summed E-state index contributed by atoms with van der Waals surface area (Å²) in [6, 6.07) is 6.75. The Morgan fingerprint density at radius 2 is 1.16 bits per heavy atom. The van der Waals surface area contributed by atoms with Crippen molar-refractivity contribution in [2.24, 2.45) is 0 Å². The van der Waals surface area contributed by atoms with Crippen molar-refractivity contribution in [3.63, 3.8) is 0 Å². The van der Waals surface area contributed by atoms with E-state index in [1.54, 1.807) is 12.1 Å². The fraction of sp³-hybridized carbons (Fsp3) is 0.300. The van der Waals surface area contributed by atoms with Gasteiger partial charge in [-0.15, -0.1) is 0 Å². The van der Waals surface area contributed by atoms with Crippen molar-refractivity contribution in [3.05, 3.63) is 64.7 Å². The van der Waals surface area contributed by atoms with Gasteiger partial charge in [0.2, 0.25) is 0 Å². The number of amides is 2. The molecule has 0 aromatic heterocycles. The molecule has 2 aromatic rings. The van der Waals surface area contributed by atoms with E-state index < -0.39 is 40.9 Å². The highest BCUT2D eigenvalue weighted by molar-refractivity contribution is 5.99. The lowest BCUT2D eigenvalue weighted by molar-refractivity contribution is -0.143. The Morgan fingerprint density at radius 1 is 0.742 bits per heavy atom. The number of alkyl halides is 6. The van der Waals surface area contributed by atoms with Gasteiger partial charge in [-0.3, -0.25) is 20.4 Å². The van der Waals surface area contributed by atoms with Crippen LogP contribution in [0.4, 0.5) is 32.0 Å². The van der Waals surface area contributed by atoms with Crippen LogP contribution in [0.3, 0.4) is 0 Å². The van der Waals surface area contributed by atoms with Crippen molar-refractivity contribution in [1.82, 2.24) is 10.9 Å². The van der Waals surface area contributed by atoms with E-state index in [-0.39, 0.29) is 23.8 Å². The second kappa shape index (κ2) is 9.27. The zero-order valence-electron chi connectivity index (χ0n) is 16.5. The largest absolute Gasteiger partial charge is 0.416 e. The van der Waals surface area contributed by atoms with Gasteiger partial charge in [-0.2, -0.15) is 26.3 Å². The molecule has 31 heavy (non-hydrogen) atoms. The minimum absolute atomic E-state index is 0.0905. The van der Waals surface area contributed by atoms with Crippen LogP contribution in [0.1, 0.15) is 45.7 Å². The number of hydrogen-bond donors (Lipinski definition) is 2. The molecule has 2 amide bonds. The second-order valence-corrected chi connectivity index (χ2v) is 6.42. The smallest absolute Gasteiger partial charge is 0.372 e. The fourth-order valence-electron chi connectivity index (χ4n) is 2.76. The van der Waals surface area contributed by atoms with Crippen LogP contribution in [0.5, 0.6) is 0 Å². The Balaban J connectivity index is 2.16. The van der Waals surface area contributed by atoms with Crippen LogP contribution in [0, 0.1) is 0 Å². The summed E-state index contributed by atoms with van der Waals surface area (Å²) in [6.07, 6.45) is -10.2. The number of halogens is 6. The quantitative estimate of drug-likeness (QED) is 0.519. The molecule has 0 spiro atoms. The van der Waals surface area contributed by atoms with Crippen molar-refractivity contribution in [1.29, 1.82) is 0 Å². The van der Waals surface area contributed by atoms with E-state index in [2.05, 4.69) is 0 Å². The number of nitrogens with zero attached hydrogens (tertiary/aromatic N) is 1. The maximum atomic E-state index is 12.9. The number of carbonyl (C=O) groups is 2. The standard InChI is InChI=1S/C20H19F6N3O2/c1-3-29(4-2)16-7-5-12(6-8-16)17(30)27-28-18(31)13-9-14(19(21,22)23)11-15(10-13)20(24,25)26/h5-11H,3-4H2,1-2H3,(H,27,30)(H,28,31). The van der Waals surface area contributed by atoms with E-state index in [0.717, 1.165) is 18.8 Å². The van der Waals surface area contributed by atoms with Crippen LogP contribution in [0.25, 0.3) is 0 Å². The molecule has 0 unspecified atom stereocenters. The number of hydrazine groups is 1. The van der Waals surface area contributed by atoms with Gasteiger partial charge >= 0.3 is 12.4 Å². The van der Waals surface area contributed by atoms with E-state index in [0.29, 0.717) is 0 Å². The van der Waals surface area contributed by atoms with Gasteiger partial charge in [0, 0.05) is 29.9 Å². The molecule has 5 nitrogen and oxygen atoms in total. The first kappa shape index (κ1) is 24.0. The number of anilines is 1. The zero-order chi connectivity index (χ0) is 23.4. The number of hydrogen-bond acceptors (Lipinski definition) is 3. The molecular formula is C20H19F6N3O2. The van der Waals surface area contributed by atoms with Gasteiger partial charge in [-0.05, 0) is 56.3 Å². The normalized spacial score (nSPS) is 11.7. The van der Waals surface area contributed by atoms with Crippen LogP contribution in [0.2, 0.25) is 0 Å². The maximum absolute atomic E-state index is 12.9. The lowest BCUT2D eigenvalue weighted by Gasteiger charge is -2.21. The molecule has 11 heteroatoms. The molecular weight excluding hydrogens is 428 g/mol. The summed E-state index contributed by atoms with van der Waals surface area (Å²) in [6.45, 7) is 5.40. The SMILES string of the molecule is CCN(CC)c1ccc(C(=O)NNC(=O)c2cc(C(F)(F)F)cc(C(F)(F)F)c2)cc1. The molecule has 168 valence electrons. The molecule has 0 aliphatic heterocycles. The minimum Gasteiger partial charge on any atom is -0.372 e. The van der Waals surface area contributed by atoms with Crippen LogP contribution < -0.4 is 15.8 Å². The predicted octanol–water partition coefficient (Wildman–Crippen LogP) is 4.65. The van der Waals surface area contributed by atoms with Gasteiger partial charge in [0.1, 0.15) is 0 Å². The lowest BCUT2D eigenvalue weighted by Crippen LogP contribution is -2.41. The molecule has 0 atom stereocenters. The van der Waals surface area contributed by atoms with Gasteiger partial charge in [-0.1, -0.05) is 0 Å². The molecule has 0 saturated carbocycles. The molecule has 0 aliphatic rings. The summed E-state index contributed by atoms with van der Waals surface area (Å²) in [4.78, 5) is 26.3. The van der Waals surface area contributed by atoms with Gasteiger partial charge < -0.3 is 4.90 Å². The number of carbonyl (C=O) groups excluding carboxylic acids is 2. The average Bonchev–Trinajstić information content (AvgIpc) is 2.71. The van der Waals surface area contributed by atoms with E-state index in [4.69, 9.17) is 0 Å². The number of benzene rings is 2. The molecule has 0 fully saturated rings. The summed E-state index contributed by atoms with van der Waals surface area (Å²) < 4.78 is 77.4. The number of rotatable bonds is 5. The first-order valence-electron chi connectivity index (χ1n) is 9.12. The molecule has 2 aromatic carbocycles. The van der Waals surface area contributed by atoms with Gasteiger partial charge in [0.05, 0.1) is 11.1 Å². The highest BCUT2D eigenvalue weighted by atomic mass is 19.4. The molecule has 2 rings (SSSR count). The van der Waals surface area contributed by atoms with Gasteiger partial charge in [-0.25, -0.2) is 0 Å². The maximum Gasteiger partial charge on any atom is 0.416 e. The minimum atomic E-state index is -5.09. The highest BCUT2D eigenvalue weighted by Crippen LogP contribution is 2.36. The third kappa shape index (κ3) is 6.12. The summed E-state index contributed by atoms with van der Waals surface area (Å²) in [5.41, 5.74) is 0.627. The van der Waals surface area contributed by atoms with E-state index in [9.17, 15) is 35.9 Å². The van der Waals surface area contributed by atoms with Crippen LogP contribution in [-0.2, 0) is 12.4 Å². The Hall–Kier alpha value is -3.24. The van der Waals surface area contributed by atoms with Crippen LogP contribution in [0.15, 0.2) is 42.5 Å². The molecule has 0 aliphatic carbocycles. The summed E-state index contributed by atoms with van der Waals surface area (Å²) in [7, 11) is 0. The topological polar surface area (TPSA) is 61.4 Å². The third-order valence-corrected chi connectivity index (χ3v) is 4.40. The van der Waals surface area contributed by atoms with E-state index in [1.807, 2.05) is 29.6 Å². The number of nitrogens with one attached hydrogen (secondary N) is 2. The molecule has 0 saturated heterocycles. The monoisotopic (exact) mass is 447 g/mol. The second-order valence-electron chi connectivity index (χ2n) is 6.42. The molecule has 0 heterocycles. The van der Waals surface area contributed by atoms with Crippen molar-refractivity contribution in [2.75, 3.05) is 18.0 Å². The fourth-order valence-corrected chi connectivity index (χ4v) is 2.76. The van der Waals surface area contributed by atoms with Crippen LogP contribution >= 0.6 is 0 Å². The molecule has 2 N–H and O–H groups in total. The van der Waals surface area contributed by atoms with Crippen molar-refractivity contribution < 1.29 is 35.9 Å². The van der Waals surface area contributed by atoms with Crippen LogP contribution in [-0.4, -0.2) is 24.9 Å². The molecule has 0 bridgehead atoms. The van der Waals surface area contributed by atoms with Crippen molar-refractivity contribution >= 4 is 17.5 Å². The first-order chi connectivity index (χ1) is 14.4. The summed E-state index contributed by atoms with van der Waals surface area (Å²) in [5.74, 6) is -2.12. The average molecular weight is 447 g/mol. The van der Waals surface area contributed by atoms with Gasteiger partial charge in [0.25, 0.3) is 11.8 Å². The Morgan fingerprint density at radius 3 is 1.55 bits per heavy atom. The lowest BCUT2D eigenvalue weighted by atomic mass is 10.0. The van der Waals surface area contributed by atoms with Crippen molar-refractivity contribution in [3.8, 4) is 0 Å². The Bertz CT molecular complexity index is 903. The summed E-state index contributed by atoms with van der Waals surface area (Å²) >= 11 is 0. The Labute approximate surface area is 174 Å². The zero-order valence-corrected chi connectivity index (χ0v) is 16.5. The van der Waals surface area contributed by atoms with E-state index >= 15 is 0 Å². The predicted molar refractivity (Wildman–Crippen MR) is 101 cm³/mol. The Kier molecular flexibility index (Phi) is 7.19. The van der Waals surface area contributed by atoms with Crippen molar-refractivity contribution in [2.45, 2.75) is 26.2 Å².